The van der Waals surface area contributed by atoms with Crippen LogP contribution >= 0.6 is 0 Å². The average Bonchev–Trinajstić information content (AvgIpc) is 2.48. The summed E-state index contributed by atoms with van der Waals surface area (Å²) < 4.78 is 0. The lowest BCUT2D eigenvalue weighted by Gasteiger charge is -2.20. The molecule has 0 aliphatic heterocycles. The third kappa shape index (κ3) is 3.42. The summed E-state index contributed by atoms with van der Waals surface area (Å²) in [6.45, 7) is 2.19. The van der Waals surface area contributed by atoms with Crippen molar-refractivity contribution in [2.24, 2.45) is 0 Å². The summed E-state index contributed by atoms with van der Waals surface area (Å²) in [7, 11) is 2.34. The van der Waals surface area contributed by atoms with Gasteiger partial charge >= 0.3 is 0 Å². The highest BCUT2D eigenvalue weighted by molar-refractivity contribution is 8.51. The van der Waals surface area contributed by atoms with Crippen LogP contribution in [0.1, 0.15) is 16.7 Å². The fraction of sp³-hybridized carbons (Fsp3) is 0.214. The maximum absolute atomic E-state index is 4.50. The number of rotatable bonds is 0. The zero-order valence-corrected chi connectivity index (χ0v) is 13.7. The molecule has 0 bridgehead atoms. The van der Waals surface area contributed by atoms with Gasteiger partial charge in [0, 0.05) is 51.9 Å². The van der Waals surface area contributed by atoms with Crippen molar-refractivity contribution in [2.75, 3.05) is 0 Å². The van der Waals surface area contributed by atoms with Crippen LogP contribution in [0.3, 0.4) is 0 Å². The number of nitrogens with zero attached hydrogens (tertiary/aromatic N) is 1. The molecule has 0 atom stereocenters. The van der Waals surface area contributed by atoms with Crippen molar-refractivity contribution in [1.29, 1.82) is 0 Å². The smallest absolute Gasteiger partial charge is 0.0736 e. The second kappa shape index (κ2) is 7.14. The van der Waals surface area contributed by atoms with Gasteiger partial charge in [0.1, 0.15) is 0 Å². The number of hydrogen-bond acceptors (Lipinski definition) is 3. The molecular formula is C14H13NS4. The van der Waals surface area contributed by atoms with Crippen LogP contribution in [0.5, 0.6) is 0 Å². The molecule has 0 fully saturated rings. The Hall–Kier alpha value is -0.750. The van der Waals surface area contributed by atoms with E-state index < -0.39 is 0 Å². The normalized spacial score (nSPS) is 11.4. The summed E-state index contributed by atoms with van der Waals surface area (Å²) >= 11 is 8.66. The minimum atomic E-state index is 1.13. The van der Waals surface area contributed by atoms with Crippen molar-refractivity contribution in [1.82, 2.24) is 4.98 Å². The van der Waals surface area contributed by atoms with Crippen LogP contribution in [0.15, 0.2) is 36.5 Å². The summed E-state index contributed by atoms with van der Waals surface area (Å²) in [5.74, 6) is 0. The Balaban J connectivity index is 0.000000297. The van der Waals surface area contributed by atoms with Crippen molar-refractivity contribution in [2.45, 2.75) is 19.8 Å². The first-order chi connectivity index (χ1) is 9.27. The van der Waals surface area contributed by atoms with Gasteiger partial charge in [-0.15, -0.1) is 0 Å². The van der Waals surface area contributed by atoms with Gasteiger partial charge in [-0.1, -0.05) is 24.3 Å². The molecule has 0 saturated heterocycles. The van der Waals surface area contributed by atoms with E-state index in [9.17, 15) is 0 Å². The molecule has 1 aliphatic carbocycles. The number of fused-ring (bicyclic) bond motifs is 3. The molecule has 0 radical (unpaired) electrons. The van der Waals surface area contributed by atoms with E-state index in [0.29, 0.717) is 0 Å². The Morgan fingerprint density at radius 3 is 2.58 bits per heavy atom. The molecule has 1 aliphatic rings. The van der Waals surface area contributed by atoms with Gasteiger partial charge in [0.2, 0.25) is 0 Å². The van der Waals surface area contributed by atoms with Gasteiger partial charge in [0.05, 0.1) is 5.69 Å². The molecule has 3 rings (SSSR count). The molecule has 0 saturated carbocycles. The Morgan fingerprint density at radius 1 is 1.05 bits per heavy atom. The molecule has 1 heterocycles. The lowest BCUT2D eigenvalue weighted by molar-refractivity contribution is 0.917. The van der Waals surface area contributed by atoms with E-state index in [0.717, 1.165) is 12.8 Å². The fourth-order valence-electron chi connectivity index (χ4n) is 2.40. The van der Waals surface area contributed by atoms with Crippen molar-refractivity contribution in [3.63, 3.8) is 0 Å². The third-order valence-electron chi connectivity index (χ3n) is 3.23. The van der Waals surface area contributed by atoms with Crippen LogP contribution in [0.4, 0.5) is 0 Å². The molecule has 1 aromatic carbocycles. The fourth-order valence-corrected chi connectivity index (χ4v) is 2.40. The van der Waals surface area contributed by atoms with Crippen LogP contribution < -0.4 is 0 Å². The minimum absolute atomic E-state index is 1.13. The van der Waals surface area contributed by atoms with Gasteiger partial charge in [0.25, 0.3) is 0 Å². The lowest BCUT2D eigenvalue weighted by Crippen LogP contribution is -2.06. The van der Waals surface area contributed by atoms with E-state index in [4.69, 9.17) is 0 Å². The van der Waals surface area contributed by atoms with Gasteiger partial charge in [-0.05, 0) is 42.5 Å². The van der Waals surface area contributed by atoms with Crippen molar-refractivity contribution in [3.8, 4) is 11.3 Å². The van der Waals surface area contributed by atoms with Gasteiger partial charge < -0.3 is 0 Å². The van der Waals surface area contributed by atoms with Crippen molar-refractivity contribution in [3.05, 3.63) is 53.2 Å². The minimum Gasteiger partial charge on any atom is -0.256 e. The summed E-state index contributed by atoms with van der Waals surface area (Å²) in [5, 5.41) is 0. The molecule has 0 unspecified atom stereocenters. The molecule has 1 aromatic heterocycles. The number of hydrogen-bond donors (Lipinski definition) is 0. The second-order valence-electron chi connectivity index (χ2n) is 4.25. The molecule has 1 nitrogen and oxygen atoms in total. The first-order valence-corrected chi connectivity index (χ1v) is 9.89. The van der Waals surface area contributed by atoms with Gasteiger partial charge in [0.15, 0.2) is 0 Å². The third-order valence-corrected chi connectivity index (χ3v) is 5.45. The van der Waals surface area contributed by atoms with E-state index in [1.54, 1.807) is 0 Å². The summed E-state index contributed by atoms with van der Waals surface area (Å²) in [6, 6.07) is 10.7. The largest absolute Gasteiger partial charge is 0.256 e. The van der Waals surface area contributed by atoms with E-state index >= 15 is 0 Å². The standard InChI is InChI=1S/C14H13N.S4/c1-10-4-2-6-13-12(10)8-7-11-5-3-9-15-14(11)13;1-3-4-2/h2-6,9H,7-8H2,1H3;. The number of pyridine rings is 1. The molecular weight excluding hydrogens is 310 g/mol. The van der Waals surface area contributed by atoms with E-state index in [-0.39, 0.29) is 0 Å². The quantitative estimate of drug-likeness (QED) is 0.739. The Morgan fingerprint density at radius 2 is 1.84 bits per heavy atom. The monoisotopic (exact) mass is 323 g/mol. The predicted molar refractivity (Wildman–Crippen MR) is 91.3 cm³/mol. The predicted octanol–water partition coefficient (Wildman–Crippen LogP) is 3.15. The van der Waals surface area contributed by atoms with E-state index in [1.165, 1.54) is 45.7 Å². The highest BCUT2D eigenvalue weighted by Gasteiger charge is 2.17. The lowest BCUT2D eigenvalue weighted by atomic mass is 9.87. The molecule has 5 heteroatoms. The highest BCUT2D eigenvalue weighted by Crippen LogP contribution is 2.32. The zero-order valence-electron chi connectivity index (χ0n) is 10.5. The molecule has 98 valence electrons. The molecule has 2 aromatic rings. The highest BCUT2D eigenvalue weighted by atomic mass is 33.2. The topological polar surface area (TPSA) is 12.9 Å². The van der Waals surface area contributed by atoms with Gasteiger partial charge in [-0.2, -0.15) is 0 Å². The second-order valence-corrected chi connectivity index (χ2v) is 7.79. The van der Waals surface area contributed by atoms with Crippen LogP contribution in [0.2, 0.25) is 0 Å². The van der Waals surface area contributed by atoms with Crippen LogP contribution in [-0.2, 0) is 53.0 Å². The Kier molecular flexibility index (Phi) is 5.51. The number of aryl methyl sites for hydroxylation is 2. The Bertz CT molecular complexity index is 661. The van der Waals surface area contributed by atoms with Gasteiger partial charge in [-0.25, -0.2) is 0 Å². The SMILES string of the molecule is Cc1cccc2c1CCc1cccnc1-2.S=S=S=S. The van der Waals surface area contributed by atoms with Crippen LogP contribution in [-0.4, -0.2) is 4.98 Å². The van der Waals surface area contributed by atoms with Crippen LogP contribution in [0, 0.1) is 6.92 Å². The van der Waals surface area contributed by atoms with Crippen LogP contribution in [0.25, 0.3) is 11.3 Å². The summed E-state index contributed by atoms with van der Waals surface area (Å²) in [5.41, 5.74) is 6.77. The van der Waals surface area contributed by atoms with E-state index in [1.807, 2.05) is 12.3 Å². The summed E-state index contributed by atoms with van der Waals surface area (Å²) in [4.78, 5) is 4.50. The van der Waals surface area contributed by atoms with Crippen molar-refractivity contribution < 1.29 is 0 Å². The molecule has 19 heavy (non-hydrogen) atoms. The zero-order chi connectivity index (χ0) is 13.7. The van der Waals surface area contributed by atoms with Crippen molar-refractivity contribution >= 4 is 40.1 Å². The van der Waals surface area contributed by atoms with E-state index in [2.05, 4.69) is 58.5 Å². The molecule has 0 amide bonds. The molecule has 0 N–H and O–H groups in total. The average molecular weight is 324 g/mol. The molecule has 0 spiro atoms. The van der Waals surface area contributed by atoms with Gasteiger partial charge in [-0.3, -0.25) is 4.98 Å². The first kappa shape index (κ1) is 14.7. The first-order valence-electron chi connectivity index (χ1n) is 5.89. The number of benzene rings is 1. The number of aromatic nitrogens is 1. The maximum atomic E-state index is 4.50. The maximum Gasteiger partial charge on any atom is 0.0736 e. The summed E-state index contributed by atoms with van der Waals surface area (Å²) in [6.07, 6.45) is 4.16. The Labute approximate surface area is 129 Å².